The first kappa shape index (κ1) is 19.9. The summed E-state index contributed by atoms with van der Waals surface area (Å²) in [4.78, 5) is 25.6. The molecule has 0 bridgehead atoms. The molecule has 0 spiro atoms. The lowest BCUT2D eigenvalue weighted by atomic mass is 10.1. The molecule has 2 aromatic heterocycles. The summed E-state index contributed by atoms with van der Waals surface area (Å²) in [6.45, 7) is 4.03. The number of nitrogens with one attached hydrogen (secondary N) is 1. The van der Waals surface area contributed by atoms with Crippen LogP contribution in [0.3, 0.4) is 0 Å². The van der Waals surface area contributed by atoms with Crippen molar-refractivity contribution in [1.82, 2.24) is 14.9 Å². The molecule has 0 saturated carbocycles. The van der Waals surface area contributed by atoms with Gasteiger partial charge >= 0.3 is 6.03 Å². The molecule has 2 N–H and O–H groups in total. The van der Waals surface area contributed by atoms with Gasteiger partial charge in [-0.1, -0.05) is 29.0 Å². The standard InChI is InChI=1S/C20H22ClN5O2S/c1-13-12-25(18-15(21)3-2-7-22-18)8-9-26(13)20(28)24-19-23-16-5-4-14(6-10-27)11-17(16)29-19/h2-5,7,11,13,27H,6,8-10,12H2,1H3,(H,23,24,28)/t13-/m1/s1. The zero-order chi connectivity index (χ0) is 20.4. The van der Waals surface area contributed by atoms with Gasteiger partial charge in [-0.25, -0.2) is 14.8 Å². The molecule has 0 radical (unpaired) electrons. The molecule has 29 heavy (non-hydrogen) atoms. The topological polar surface area (TPSA) is 81.6 Å². The Hall–Kier alpha value is -2.42. The number of carbonyl (C=O) groups is 1. The van der Waals surface area contributed by atoms with Gasteiger partial charge in [-0.15, -0.1) is 0 Å². The number of pyridine rings is 1. The summed E-state index contributed by atoms with van der Waals surface area (Å²) in [6.07, 6.45) is 2.33. The summed E-state index contributed by atoms with van der Waals surface area (Å²) < 4.78 is 0.994. The monoisotopic (exact) mass is 431 g/mol. The smallest absolute Gasteiger partial charge is 0.324 e. The van der Waals surface area contributed by atoms with Gasteiger partial charge in [-0.3, -0.25) is 5.32 Å². The van der Waals surface area contributed by atoms with E-state index in [1.54, 1.807) is 6.20 Å². The van der Waals surface area contributed by atoms with E-state index in [9.17, 15) is 4.79 Å². The van der Waals surface area contributed by atoms with Crippen molar-refractivity contribution in [2.75, 3.05) is 36.5 Å². The molecule has 7 nitrogen and oxygen atoms in total. The molecular weight excluding hydrogens is 410 g/mol. The van der Waals surface area contributed by atoms with Crippen LogP contribution in [0, 0.1) is 0 Å². The van der Waals surface area contributed by atoms with Gasteiger partial charge < -0.3 is 14.9 Å². The Morgan fingerprint density at radius 3 is 3.00 bits per heavy atom. The summed E-state index contributed by atoms with van der Waals surface area (Å²) in [7, 11) is 0. The zero-order valence-corrected chi connectivity index (χ0v) is 17.6. The highest BCUT2D eigenvalue weighted by Gasteiger charge is 2.29. The number of carbonyl (C=O) groups excluding carboxylic acids is 1. The quantitative estimate of drug-likeness (QED) is 0.659. The van der Waals surface area contributed by atoms with E-state index in [1.165, 1.54) is 11.3 Å². The van der Waals surface area contributed by atoms with Crippen molar-refractivity contribution in [3.8, 4) is 0 Å². The molecule has 152 valence electrons. The largest absolute Gasteiger partial charge is 0.396 e. The van der Waals surface area contributed by atoms with Gasteiger partial charge in [0.25, 0.3) is 0 Å². The average molecular weight is 432 g/mol. The number of nitrogens with zero attached hydrogens (tertiary/aromatic N) is 4. The molecule has 0 aliphatic carbocycles. The molecule has 1 fully saturated rings. The van der Waals surface area contributed by atoms with Crippen molar-refractivity contribution >= 4 is 50.1 Å². The average Bonchev–Trinajstić information content (AvgIpc) is 3.10. The van der Waals surface area contributed by atoms with E-state index in [0.717, 1.165) is 21.6 Å². The third-order valence-corrected chi connectivity index (χ3v) is 6.22. The third kappa shape index (κ3) is 4.29. The molecule has 1 atom stereocenters. The van der Waals surface area contributed by atoms with Crippen molar-refractivity contribution in [1.29, 1.82) is 0 Å². The van der Waals surface area contributed by atoms with Crippen LogP contribution in [0.15, 0.2) is 36.5 Å². The van der Waals surface area contributed by atoms with Crippen LogP contribution in [0.1, 0.15) is 12.5 Å². The lowest BCUT2D eigenvalue weighted by Crippen LogP contribution is -2.55. The van der Waals surface area contributed by atoms with Gasteiger partial charge in [-0.2, -0.15) is 0 Å². The Morgan fingerprint density at radius 2 is 2.24 bits per heavy atom. The summed E-state index contributed by atoms with van der Waals surface area (Å²) in [5.41, 5.74) is 1.90. The maximum Gasteiger partial charge on any atom is 0.324 e. The third-order valence-electron chi connectivity index (χ3n) is 4.99. The normalized spacial score (nSPS) is 17.0. The minimum absolute atomic E-state index is 0.00681. The number of aromatic nitrogens is 2. The number of benzene rings is 1. The van der Waals surface area contributed by atoms with Gasteiger partial charge in [0.2, 0.25) is 0 Å². The van der Waals surface area contributed by atoms with Crippen LogP contribution in [-0.2, 0) is 6.42 Å². The van der Waals surface area contributed by atoms with Crippen molar-refractivity contribution in [3.05, 3.63) is 47.1 Å². The highest BCUT2D eigenvalue weighted by Crippen LogP contribution is 2.28. The first-order valence-electron chi connectivity index (χ1n) is 9.48. The molecule has 1 aromatic carbocycles. The van der Waals surface area contributed by atoms with Gasteiger partial charge in [0.15, 0.2) is 5.13 Å². The van der Waals surface area contributed by atoms with Crippen molar-refractivity contribution in [2.24, 2.45) is 0 Å². The van der Waals surface area contributed by atoms with Gasteiger partial charge in [0.1, 0.15) is 5.82 Å². The number of hydrogen-bond donors (Lipinski definition) is 2. The SMILES string of the molecule is C[C@@H]1CN(c2ncccc2Cl)CCN1C(=O)Nc1nc2ccc(CCO)cc2s1. The predicted molar refractivity (Wildman–Crippen MR) is 117 cm³/mol. The van der Waals surface area contributed by atoms with Gasteiger partial charge in [0.05, 0.1) is 15.2 Å². The summed E-state index contributed by atoms with van der Waals surface area (Å²) in [5.74, 6) is 0.755. The first-order valence-corrected chi connectivity index (χ1v) is 10.7. The Bertz CT molecular complexity index is 1030. The maximum atomic E-state index is 12.8. The highest BCUT2D eigenvalue weighted by molar-refractivity contribution is 7.22. The number of aliphatic hydroxyl groups is 1. The molecule has 0 unspecified atom stereocenters. The molecule has 2 amide bonds. The minimum atomic E-state index is -0.154. The fourth-order valence-corrected chi connectivity index (χ4v) is 4.69. The molecule has 4 rings (SSSR count). The van der Waals surface area contributed by atoms with E-state index in [0.29, 0.717) is 36.2 Å². The van der Waals surface area contributed by atoms with Gasteiger partial charge in [0, 0.05) is 38.5 Å². The Morgan fingerprint density at radius 1 is 1.38 bits per heavy atom. The number of halogens is 1. The maximum absolute atomic E-state index is 12.8. The molecule has 1 aliphatic heterocycles. The van der Waals surface area contributed by atoms with Crippen LogP contribution < -0.4 is 10.2 Å². The van der Waals surface area contributed by atoms with Crippen LogP contribution in [0.2, 0.25) is 5.02 Å². The number of piperazine rings is 1. The number of aliphatic hydroxyl groups excluding tert-OH is 1. The number of hydrogen-bond acceptors (Lipinski definition) is 6. The number of fused-ring (bicyclic) bond motifs is 1. The molecule has 9 heteroatoms. The van der Waals surface area contributed by atoms with E-state index >= 15 is 0 Å². The van der Waals surface area contributed by atoms with E-state index in [1.807, 2.05) is 42.2 Å². The van der Waals surface area contributed by atoms with E-state index in [-0.39, 0.29) is 18.7 Å². The van der Waals surface area contributed by atoms with Crippen molar-refractivity contribution < 1.29 is 9.90 Å². The van der Waals surface area contributed by atoms with Crippen LogP contribution in [0.25, 0.3) is 10.2 Å². The predicted octanol–water partition coefficient (Wildman–Crippen LogP) is 3.62. The van der Waals surface area contributed by atoms with Crippen LogP contribution >= 0.6 is 22.9 Å². The number of urea groups is 1. The molecule has 3 aromatic rings. The molecular formula is C20H22ClN5O2S. The fraction of sp³-hybridized carbons (Fsp3) is 0.350. The fourth-order valence-electron chi connectivity index (χ4n) is 3.53. The Labute approximate surface area is 177 Å². The van der Waals surface area contributed by atoms with E-state index in [4.69, 9.17) is 16.7 Å². The Balaban J connectivity index is 1.42. The highest BCUT2D eigenvalue weighted by atomic mass is 35.5. The minimum Gasteiger partial charge on any atom is -0.396 e. The number of amides is 2. The van der Waals surface area contributed by atoms with Gasteiger partial charge in [-0.05, 0) is 43.2 Å². The Kier molecular flexibility index (Phi) is 5.84. The second-order valence-corrected chi connectivity index (χ2v) is 8.46. The number of rotatable bonds is 4. The van der Waals surface area contributed by atoms with Crippen LogP contribution in [-0.4, -0.2) is 58.3 Å². The van der Waals surface area contributed by atoms with Crippen LogP contribution in [0.4, 0.5) is 15.7 Å². The summed E-state index contributed by atoms with van der Waals surface area (Å²) in [6, 6.07) is 9.37. The number of thiazole rings is 1. The zero-order valence-electron chi connectivity index (χ0n) is 16.0. The second-order valence-electron chi connectivity index (χ2n) is 7.02. The number of anilines is 2. The van der Waals surface area contributed by atoms with E-state index < -0.39 is 0 Å². The van der Waals surface area contributed by atoms with Crippen molar-refractivity contribution in [2.45, 2.75) is 19.4 Å². The lowest BCUT2D eigenvalue weighted by molar-refractivity contribution is 0.184. The van der Waals surface area contributed by atoms with E-state index in [2.05, 4.69) is 20.2 Å². The van der Waals surface area contributed by atoms with Crippen molar-refractivity contribution in [3.63, 3.8) is 0 Å². The molecule has 1 aliphatic rings. The lowest BCUT2D eigenvalue weighted by Gasteiger charge is -2.40. The summed E-state index contributed by atoms with van der Waals surface area (Å²) >= 11 is 7.70. The van der Waals surface area contributed by atoms with Crippen LogP contribution in [0.5, 0.6) is 0 Å². The summed E-state index contributed by atoms with van der Waals surface area (Å²) in [5, 5.41) is 13.2. The molecule has 3 heterocycles. The molecule has 1 saturated heterocycles. The first-order chi connectivity index (χ1) is 14.0. The second kappa shape index (κ2) is 8.52.